The largest absolute Gasteiger partial charge is 0.355 e. The lowest BCUT2D eigenvalue weighted by Gasteiger charge is -2.27. The van der Waals surface area contributed by atoms with Crippen molar-refractivity contribution in [1.29, 1.82) is 0 Å². The summed E-state index contributed by atoms with van der Waals surface area (Å²) in [6, 6.07) is 0.405. The highest BCUT2D eigenvalue weighted by atomic mass is 32.2. The van der Waals surface area contributed by atoms with Crippen LogP contribution in [0.2, 0.25) is 0 Å². The summed E-state index contributed by atoms with van der Waals surface area (Å²) in [5.41, 5.74) is 0. The van der Waals surface area contributed by atoms with Crippen LogP contribution in [-0.2, 0) is 4.79 Å². The van der Waals surface area contributed by atoms with E-state index in [-0.39, 0.29) is 11.9 Å². The van der Waals surface area contributed by atoms with E-state index in [1.54, 1.807) is 0 Å². The van der Waals surface area contributed by atoms with Crippen LogP contribution in [0.4, 0.5) is 0 Å². The van der Waals surface area contributed by atoms with Crippen LogP contribution in [0.5, 0.6) is 0 Å². The van der Waals surface area contributed by atoms with Crippen molar-refractivity contribution in [2.75, 3.05) is 12.3 Å². The molecule has 3 nitrogen and oxygen atoms in total. The molecule has 1 saturated heterocycles. The monoisotopic (exact) mass is 244 g/mol. The Morgan fingerprint density at radius 1 is 1.56 bits per heavy atom. The minimum atomic E-state index is 0.0179. The van der Waals surface area contributed by atoms with Crippen LogP contribution in [0.1, 0.15) is 40.5 Å². The molecule has 2 atom stereocenters. The van der Waals surface area contributed by atoms with E-state index in [0.717, 1.165) is 25.1 Å². The number of rotatable bonds is 4. The van der Waals surface area contributed by atoms with Crippen LogP contribution >= 0.6 is 11.8 Å². The molecule has 0 spiro atoms. The maximum atomic E-state index is 11.6. The molecule has 1 aliphatic heterocycles. The van der Waals surface area contributed by atoms with Gasteiger partial charge in [0.2, 0.25) is 5.91 Å². The second kappa shape index (κ2) is 5.92. The van der Waals surface area contributed by atoms with Gasteiger partial charge in [0.05, 0.1) is 6.04 Å². The topological polar surface area (TPSA) is 41.1 Å². The average Bonchev–Trinajstić information content (AvgIpc) is 2.18. The minimum Gasteiger partial charge on any atom is -0.355 e. The van der Waals surface area contributed by atoms with E-state index in [0.29, 0.717) is 10.8 Å². The number of hydrogen-bond donors (Lipinski definition) is 2. The van der Waals surface area contributed by atoms with Crippen LogP contribution in [-0.4, -0.2) is 35.0 Å². The molecule has 0 aromatic heterocycles. The predicted molar refractivity (Wildman–Crippen MR) is 70.8 cm³/mol. The number of thioether (sulfide) groups is 1. The number of carbonyl (C=O) groups excluding carboxylic acids is 1. The van der Waals surface area contributed by atoms with Gasteiger partial charge in [0.1, 0.15) is 0 Å². The Kier molecular flexibility index (Phi) is 5.12. The number of amides is 1. The molecule has 16 heavy (non-hydrogen) atoms. The summed E-state index contributed by atoms with van der Waals surface area (Å²) in [7, 11) is 0. The number of nitrogens with one attached hydrogen (secondary N) is 2. The van der Waals surface area contributed by atoms with Crippen LogP contribution in [0, 0.1) is 0 Å². The summed E-state index contributed by atoms with van der Waals surface area (Å²) in [4.78, 5) is 11.6. The summed E-state index contributed by atoms with van der Waals surface area (Å²) in [6.45, 7) is 9.65. The quantitative estimate of drug-likeness (QED) is 0.792. The van der Waals surface area contributed by atoms with Crippen molar-refractivity contribution in [2.24, 2.45) is 0 Å². The molecule has 0 aromatic rings. The SMILES string of the molecule is C[C@H](CSC(C)(C)C)N[C@@H]1CCCNC1=O. The van der Waals surface area contributed by atoms with E-state index in [1.165, 1.54) is 0 Å². The first-order chi connectivity index (χ1) is 7.38. The Morgan fingerprint density at radius 3 is 2.81 bits per heavy atom. The van der Waals surface area contributed by atoms with Crippen molar-refractivity contribution in [1.82, 2.24) is 10.6 Å². The Hall–Kier alpha value is -0.220. The summed E-state index contributed by atoms with van der Waals surface area (Å²) >= 11 is 1.94. The van der Waals surface area contributed by atoms with E-state index in [1.807, 2.05) is 11.8 Å². The Labute approximate surface area is 103 Å². The third-order valence-electron chi connectivity index (χ3n) is 2.54. The first-order valence-corrected chi connectivity index (χ1v) is 7.05. The van der Waals surface area contributed by atoms with Crippen molar-refractivity contribution >= 4 is 17.7 Å². The molecule has 1 heterocycles. The first-order valence-electron chi connectivity index (χ1n) is 6.06. The molecule has 0 radical (unpaired) electrons. The van der Waals surface area contributed by atoms with Crippen molar-refractivity contribution < 1.29 is 4.79 Å². The number of piperidine rings is 1. The van der Waals surface area contributed by atoms with Gasteiger partial charge in [-0.25, -0.2) is 0 Å². The van der Waals surface area contributed by atoms with Gasteiger partial charge in [0.15, 0.2) is 0 Å². The highest BCUT2D eigenvalue weighted by molar-refractivity contribution is 8.00. The second-order valence-electron chi connectivity index (χ2n) is 5.48. The van der Waals surface area contributed by atoms with Crippen molar-refractivity contribution in [3.8, 4) is 0 Å². The van der Waals surface area contributed by atoms with Crippen molar-refractivity contribution in [2.45, 2.75) is 57.4 Å². The zero-order valence-electron chi connectivity index (χ0n) is 10.8. The van der Waals surface area contributed by atoms with E-state index >= 15 is 0 Å². The van der Waals surface area contributed by atoms with Crippen LogP contribution < -0.4 is 10.6 Å². The Bertz CT molecular complexity index is 238. The van der Waals surface area contributed by atoms with Gasteiger partial charge in [-0.2, -0.15) is 11.8 Å². The summed E-state index contributed by atoms with van der Waals surface area (Å²) in [6.07, 6.45) is 2.05. The maximum absolute atomic E-state index is 11.6. The van der Waals surface area contributed by atoms with Gasteiger partial charge in [-0.3, -0.25) is 4.79 Å². The van der Waals surface area contributed by atoms with Crippen LogP contribution in [0.15, 0.2) is 0 Å². The van der Waals surface area contributed by atoms with Gasteiger partial charge in [0.25, 0.3) is 0 Å². The molecule has 1 aliphatic rings. The normalized spacial score (nSPS) is 24.0. The van der Waals surface area contributed by atoms with Crippen molar-refractivity contribution in [3.63, 3.8) is 0 Å². The van der Waals surface area contributed by atoms with Gasteiger partial charge in [0, 0.05) is 23.1 Å². The average molecular weight is 244 g/mol. The lowest BCUT2D eigenvalue weighted by Crippen LogP contribution is -2.51. The van der Waals surface area contributed by atoms with Crippen LogP contribution in [0.3, 0.4) is 0 Å². The highest BCUT2D eigenvalue weighted by Crippen LogP contribution is 2.23. The molecule has 4 heteroatoms. The fourth-order valence-corrected chi connectivity index (χ4v) is 2.54. The van der Waals surface area contributed by atoms with Crippen molar-refractivity contribution in [3.05, 3.63) is 0 Å². The number of hydrogen-bond acceptors (Lipinski definition) is 3. The molecular weight excluding hydrogens is 220 g/mol. The fourth-order valence-electron chi connectivity index (χ4n) is 1.70. The molecule has 0 saturated carbocycles. The van der Waals surface area contributed by atoms with Gasteiger partial charge < -0.3 is 10.6 Å². The number of carbonyl (C=O) groups is 1. The van der Waals surface area contributed by atoms with Gasteiger partial charge in [-0.1, -0.05) is 20.8 Å². The first kappa shape index (κ1) is 13.8. The summed E-state index contributed by atoms with van der Waals surface area (Å²) in [5, 5.41) is 6.31. The predicted octanol–water partition coefficient (Wildman–Crippen LogP) is 1.77. The molecule has 0 unspecified atom stereocenters. The summed E-state index contributed by atoms with van der Waals surface area (Å²) in [5.74, 6) is 1.21. The molecule has 1 rings (SSSR count). The molecule has 0 aliphatic carbocycles. The Balaban J connectivity index is 2.27. The van der Waals surface area contributed by atoms with E-state index < -0.39 is 0 Å². The highest BCUT2D eigenvalue weighted by Gasteiger charge is 2.23. The molecule has 0 aromatic carbocycles. The van der Waals surface area contributed by atoms with Gasteiger partial charge in [-0.15, -0.1) is 0 Å². The third-order valence-corrected chi connectivity index (χ3v) is 4.07. The second-order valence-corrected chi connectivity index (χ2v) is 7.32. The fraction of sp³-hybridized carbons (Fsp3) is 0.917. The molecule has 1 amide bonds. The molecule has 0 bridgehead atoms. The molecular formula is C12H24N2OS. The smallest absolute Gasteiger partial charge is 0.237 e. The zero-order valence-corrected chi connectivity index (χ0v) is 11.6. The maximum Gasteiger partial charge on any atom is 0.237 e. The molecule has 94 valence electrons. The Morgan fingerprint density at radius 2 is 2.25 bits per heavy atom. The molecule has 2 N–H and O–H groups in total. The van der Waals surface area contributed by atoms with E-state index in [9.17, 15) is 4.79 Å². The zero-order chi connectivity index (χ0) is 12.2. The molecule has 1 fully saturated rings. The van der Waals surface area contributed by atoms with E-state index in [4.69, 9.17) is 0 Å². The van der Waals surface area contributed by atoms with E-state index in [2.05, 4.69) is 38.3 Å². The standard InChI is InChI=1S/C12H24N2OS/c1-9(8-16-12(2,3)4)14-10-6-5-7-13-11(10)15/h9-10,14H,5-8H2,1-4H3,(H,13,15)/t9-,10-/m1/s1. The van der Waals surface area contributed by atoms with Crippen LogP contribution in [0.25, 0.3) is 0 Å². The lowest BCUT2D eigenvalue weighted by molar-refractivity contribution is -0.124. The van der Waals surface area contributed by atoms with Gasteiger partial charge in [-0.05, 0) is 19.8 Å². The minimum absolute atomic E-state index is 0.0179. The lowest BCUT2D eigenvalue weighted by atomic mass is 10.1. The summed E-state index contributed by atoms with van der Waals surface area (Å²) < 4.78 is 0.296. The third kappa shape index (κ3) is 5.21. The van der Waals surface area contributed by atoms with Gasteiger partial charge >= 0.3 is 0 Å².